The van der Waals surface area contributed by atoms with Crippen molar-refractivity contribution in [3.05, 3.63) is 46.8 Å². The molecule has 0 fully saturated rings. The van der Waals surface area contributed by atoms with Crippen molar-refractivity contribution >= 4 is 45.2 Å². The lowest BCUT2D eigenvalue weighted by Crippen LogP contribution is -2.20. The number of hydrogen-bond donors (Lipinski definition) is 2. The number of hydrogen-bond acceptors (Lipinski definition) is 6. The maximum atomic E-state index is 13.4. The average molecular weight is 538 g/mol. The fourth-order valence-electron chi connectivity index (χ4n) is 3.63. The van der Waals surface area contributed by atoms with Crippen molar-refractivity contribution in [2.24, 2.45) is 0 Å². The molecule has 1 heterocycles. The SMILES string of the molecule is COc1cc(P(C)(C)=O)ccc1NCC#Cc1sc2c(NCCN(C)C)cccc2c1CC(F)(F)F. The normalized spacial score (nSPS) is 11.9. The number of likely N-dealkylation sites (N-methyl/N-ethyl adjacent to an activating group) is 1. The van der Waals surface area contributed by atoms with Crippen molar-refractivity contribution in [1.82, 2.24) is 4.90 Å². The van der Waals surface area contributed by atoms with Crippen LogP contribution in [0.4, 0.5) is 24.5 Å². The molecule has 3 aromatic rings. The zero-order valence-electron chi connectivity index (χ0n) is 21.0. The standard InChI is InChI=1S/C26H31F3N3O2PS/c1-32(2)15-14-31-22-9-6-8-19-20(17-26(27,28)29)24(36-25(19)22)10-7-13-30-21-12-11-18(35(4,5)33)16-23(21)34-3/h6,8-9,11-12,16,30-31H,13-15,17H2,1-5H3. The minimum Gasteiger partial charge on any atom is -0.495 e. The second-order valence-corrected chi connectivity index (χ2v) is 13.2. The van der Waals surface area contributed by atoms with Crippen LogP contribution >= 0.6 is 18.5 Å². The van der Waals surface area contributed by atoms with Crippen molar-refractivity contribution in [2.45, 2.75) is 12.6 Å². The molecule has 0 atom stereocenters. The van der Waals surface area contributed by atoms with E-state index in [-0.39, 0.29) is 12.1 Å². The van der Waals surface area contributed by atoms with Crippen LogP contribution in [0.2, 0.25) is 0 Å². The summed E-state index contributed by atoms with van der Waals surface area (Å²) in [6, 6.07) is 10.7. The van der Waals surface area contributed by atoms with Gasteiger partial charge in [0.05, 0.1) is 41.0 Å². The molecule has 194 valence electrons. The van der Waals surface area contributed by atoms with Gasteiger partial charge < -0.3 is 24.8 Å². The van der Waals surface area contributed by atoms with Gasteiger partial charge in [-0.2, -0.15) is 13.2 Å². The lowest BCUT2D eigenvalue weighted by atomic mass is 10.1. The Morgan fingerprint density at radius 3 is 2.50 bits per heavy atom. The third kappa shape index (κ3) is 7.42. The van der Waals surface area contributed by atoms with Crippen LogP contribution in [0.25, 0.3) is 10.1 Å². The van der Waals surface area contributed by atoms with E-state index >= 15 is 0 Å². The summed E-state index contributed by atoms with van der Waals surface area (Å²) in [6.07, 6.45) is -5.38. The van der Waals surface area contributed by atoms with E-state index in [1.165, 1.54) is 18.4 Å². The van der Waals surface area contributed by atoms with Crippen LogP contribution in [0, 0.1) is 11.8 Å². The van der Waals surface area contributed by atoms with Gasteiger partial charge in [0.1, 0.15) is 12.9 Å². The molecule has 0 amide bonds. The van der Waals surface area contributed by atoms with E-state index in [1.807, 2.05) is 25.1 Å². The van der Waals surface area contributed by atoms with Crippen LogP contribution in [0.5, 0.6) is 5.75 Å². The van der Waals surface area contributed by atoms with E-state index in [0.717, 1.165) is 16.9 Å². The number of ether oxygens (including phenoxy) is 1. The minimum atomic E-state index is -4.34. The highest BCUT2D eigenvalue weighted by atomic mass is 32.1. The summed E-state index contributed by atoms with van der Waals surface area (Å²) >= 11 is 1.28. The van der Waals surface area contributed by atoms with Gasteiger partial charge in [-0.1, -0.05) is 24.0 Å². The molecule has 0 aliphatic heterocycles. The Labute approximate surface area is 214 Å². The van der Waals surface area contributed by atoms with Gasteiger partial charge in [0.15, 0.2) is 0 Å². The molecule has 0 saturated carbocycles. The Morgan fingerprint density at radius 2 is 1.86 bits per heavy atom. The molecular weight excluding hydrogens is 506 g/mol. The van der Waals surface area contributed by atoms with Gasteiger partial charge in [0, 0.05) is 18.4 Å². The summed E-state index contributed by atoms with van der Waals surface area (Å²) in [5.74, 6) is 6.44. The predicted molar refractivity (Wildman–Crippen MR) is 146 cm³/mol. The topological polar surface area (TPSA) is 53.6 Å². The van der Waals surface area contributed by atoms with Crippen LogP contribution in [0.15, 0.2) is 36.4 Å². The lowest BCUT2D eigenvalue weighted by molar-refractivity contribution is -0.126. The van der Waals surface area contributed by atoms with Crippen molar-refractivity contribution in [1.29, 1.82) is 0 Å². The number of thiophene rings is 1. The first-order valence-corrected chi connectivity index (χ1v) is 14.8. The van der Waals surface area contributed by atoms with Crippen molar-refractivity contribution in [2.75, 3.05) is 64.8 Å². The number of halogens is 3. The molecule has 0 unspecified atom stereocenters. The zero-order valence-corrected chi connectivity index (χ0v) is 22.8. The molecule has 3 rings (SSSR count). The Hall–Kier alpha value is -2.66. The molecule has 0 aliphatic carbocycles. The van der Waals surface area contributed by atoms with E-state index in [9.17, 15) is 17.7 Å². The number of anilines is 2. The van der Waals surface area contributed by atoms with Crippen molar-refractivity contribution in [3.63, 3.8) is 0 Å². The first-order valence-electron chi connectivity index (χ1n) is 11.3. The largest absolute Gasteiger partial charge is 0.495 e. The molecule has 5 nitrogen and oxygen atoms in total. The molecule has 0 aliphatic rings. The van der Waals surface area contributed by atoms with Gasteiger partial charge >= 0.3 is 6.18 Å². The van der Waals surface area contributed by atoms with E-state index < -0.39 is 19.7 Å². The summed E-state index contributed by atoms with van der Waals surface area (Å²) in [6.45, 7) is 5.06. The molecule has 36 heavy (non-hydrogen) atoms. The fraction of sp³-hybridized carbons (Fsp3) is 0.385. The number of alkyl halides is 3. The number of methoxy groups -OCH3 is 1. The van der Waals surface area contributed by atoms with Crippen LogP contribution < -0.4 is 20.7 Å². The van der Waals surface area contributed by atoms with E-state index in [1.54, 1.807) is 43.7 Å². The number of nitrogens with zero attached hydrogens (tertiary/aromatic N) is 1. The Morgan fingerprint density at radius 1 is 1.11 bits per heavy atom. The van der Waals surface area contributed by atoms with Crippen LogP contribution in [0.1, 0.15) is 10.4 Å². The molecule has 10 heteroatoms. The highest BCUT2D eigenvalue weighted by Crippen LogP contribution is 2.39. The summed E-state index contributed by atoms with van der Waals surface area (Å²) in [7, 11) is 3.02. The van der Waals surface area contributed by atoms with Crippen LogP contribution in [-0.2, 0) is 11.0 Å². The van der Waals surface area contributed by atoms with E-state index in [2.05, 4.69) is 22.5 Å². The summed E-state index contributed by atoms with van der Waals surface area (Å²) in [4.78, 5) is 2.44. The number of nitrogens with one attached hydrogen (secondary N) is 2. The smallest absolute Gasteiger partial charge is 0.393 e. The molecule has 0 spiro atoms. The molecule has 0 bridgehead atoms. The minimum absolute atomic E-state index is 0.204. The molecular formula is C26H31F3N3O2PS. The Balaban J connectivity index is 1.87. The van der Waals surface area contributed by atoms with E-state index in [4.69, 9.17) is 4.74 Å². The first-order chi connectivity index (χ1) is 16.9. The lowest BCUT2D eigenvalue weighted by Gasteiger charge is -2.13. The van der Waals surface area contributed by atoms with Gasteiger partial charge in [-0.25, -0.2) is 0 Å². The van der Waals surface area contributed by atoms with Gasteiger partial charge in [-0.15, -0.1) is 11.3 Å². The Bertz CT molecular complexity index is 1320. The average Bonchev–Trinajstić information content (AvgIpc) is 3.12. The maximum Gasteiger partial charge on any atom is 0.393 e. The third-order valence-electron chi connectivity index (χ3n) is 5.45. The summed E-state index contributed by atoms with van der Waals surface area (Å²) < 4.78 is 58.8. The van der Waals surface area contributed by atoms with Gasteiger partial charge in [-0.05, 0) is 62.6 Å². The van der Waals surface area contributed by atoms with Crippen molar-refractivity contribution in [3.8, 4) is 17.6 Å². The molecule has 1 aromatic heterocycles. The number of rotatable bonds is 9. The van der Waals surface area contributed by atoms with Gasteiger partial charge in [0.2, 0.25) is 0 Å². The highest BCUT2D eigenvalue weighted by Gasteiger charge is 2.31. The predicted octanol–water partition coefficient (Wildman–Crippen LogP) is 5.70. The molecule has 0 saturated heterocycles. The number of fused-ring (bicyclic) bond motifs is 1. The number of benzene rings is 2. The van der Waals surface area contributed by atoms with E-state index in [0.29, 0.717) is 33.5 Å². The monoisotopic (exact) mass is 537 g/mol. The highest BCUT2D eigenvalue weighted by molar-refractivity contribution is 7.70. The quantitative estimate of drug-likeness (QED) is 0.271. The second kappa shape index (κ2) is 11.6. The first kappa shape index (κ1) is 27.9. The summed E-state index contributed by atoms with van der Waals surface area (Å²) in [5.41, 5.74) is 1.68. The van der Waals surface area contributed by atoms with Crippen molar-refractivity contribution < 1.29 is 22.5 Å². The molecule has 2 aromatic carbocycles. The van der Waals surface area contributed by atoms with Gasteiger partial charge in [-0.3, -0.25) is 0 Å². The molecule has 0 radical (unpaired) electrons. The zero-order chi connectivity index (χ0) is 26.5. The summed E-state index contributed by atoms with van der Waals surface area (Å²) in [5, 5.41) is 7.75. The second-order valence-electron chi connectivity index (χ2n) is 9.00. The molecule has 2 N–H and O–H groups in total. The maximum absolute atomic E-state index is 13.4. The fourth-order valence-corrected chi connectivity index (χ4v) is 5.67. The Kier molecular flexibility index (Phi) is 8.99. The van der Waals surface area contributed by atoms with Crippen LogP contribution in [0.3, 0.4) is 0 Å². The van der Waals surface area contributed by atoms with Gasteiger partial charge in [0.25, 0.3) is 0 Å². The third-order valence-corrected chi connectivity index (χ3v) is 8.16. The van der Waals surface area contributed by atoms with Crippen LogP contribution in [-0.4, -0.2) is 65.2 Å².